The number of benzene rings is 2. The van der Waals surface area contributed by atoms with E-state index in [4.69, 9.17) is 19.3 Å². The average molecular weight is 525 g/mol. The number of rotatable bonds is 13. The van der Waals surface area contributed by atoms with Crippen LogP contribution in [-0.2, 0) is 16.4 Å². The lowest BCUT2D eigenvalue weighted by Gasteiger charge is -2.30. The van der Waals surface area contributed by atoms with Crippen LogP contribution in [0, 0.1) is 5.92 Å². The second-order valence-corrected chi connectivity index (χ2v) is 10.7. The summed E-state index contributed by atoms with van der Waals surface area (Å²) >= 11 is 0. The van der Waals surface area contributed by atoms with Crippen molar-refractivity contribution in [2.75, 3.05) is 33.1 Å². The number of aliphatic hydroxyl groups excluding tert-OH is 2. The molecule has 1 aliphatic heterocycles. The zero-order valence-corrected chi connectivity index (χ0v) is 21.0. The Kier molecular flexibility index (Phi) is 9.37. The second kappa shape index (κ2) is 12.3. The van der Waals surface area contributed by atoms with Gasteiger partial charge in [0.05, 0.1) is 23.6 Å². The van der Waals surface area contributed by atoms with Crippen molar-refractivity contribution in [3.63, 3.8) is 0 Å². The van der Waals surface area contributed by atoms with Crippen LogP contribution < -0.4 is 19.5 Å². The summed E-state index contributed by atoms with van der Waals surface area (Å²) in [7, 11) is -4.04. The highest BCUT2D eigenvalue weighted by Gasteiger charge is 2.32. The van der Waals surface area contributed by atoms with Gasteiger partial charge in [0.2, 0.25) is 16.8 Å². The molecule has 0 bridgehead atoms. The Morgan fingerprint density at radius 1 is 1.11 bits per heavy atom. The van der Waals surface area contributed by atoms with Gasteiger partial charge in [-0.15, -0.1) is 0 Å². The van der Waals surface area contributed by atoms with Crippen molar-refractivity contribution >= 4 is 16.1 Å². The third-order valence-electron chi connectivity index (χ3n) is 5.45. The molecule has 0 fully saturated rings. The standard InChI is InChI=1S/C24H32N2O9S/c1-16(2)13-26(36(31,32)19-7-8-22-23(12-19)35-15-34-22)14-21(28)20(25-24(29)30)11-17-3-5-18(6-4-17)33-10-9-27/h3-8,12,16,20-21,25,27-28H,9-11,13-15H2,1-2H3,(H,29,30)/t20-,21-/m0/s1. The zero-order valence-electron chi connectivity index (χ0n) is 20.2. The van der Waals surface area contributed by atoms with Crippen LogP contribution in [0.3, 0.4) is 0 Å². The molecule has 3 rings (SSSR count). The van der Waals surface area contributed by atoms with E-state index in [0.717, 1.165) is 4.31 Å². The zero-order chi connectivity index (χ0) is 26.3. The number of carbonyl (C=O) groups is 1. The maximum Gasteiger partial charge on any atom is 0.404 e. The number of hydrogen-bond acceptors (Lipinski definition) is 8. The molecule has 11 nitrogen and oxygen atoms in total. The lowest BCUT2D eigenvalue weighted by Crippen LogP contribution is -2.50. The number of amides is 1. The molecule has 0 aromatic heterocycles. The average Bonchev–Trinajstić information content (AvgIpc) is 3.30. The van der Waals surface area contributed by atoms with E-state index in [-0.39, 0.29) is 50.3 Å². The summed E-state index contributed by atoms with van der Waals surface area (Å²) in [5, 5.41) is 31.5. The summed E-state index contributed by atoms with van der Waals surface area (Å²) in [5.41, 5.74) is 0.707. The Balaban J connectivity index is 1.79. The highest BCUT2D eigenvalue weighted by molar-refractivity contribution is 7.89. The van der Waals surface area contributed by atoms with Crippen LogP contribution in [0.25, 0.3) is 0 Å². The summed E-state index contributed by atoms with van der Waals surface area (Å²) in [6.07, 6.45) is -2.56. The highest BCUT2D eigenvalue weighted by atomic mass is 32.2. The largest absolute Gasteiger partial charge is 0.491 e. The van der Waals surface area contributed by atoms with Gasteiger partial charge in [-0.3, -0.25) is 0 Å². The van der Waals surface area contributed by atoms with Crippen molar-refractivity contribution in [2.24, 2.45) is 5.92 Å². The predicted octanol–water partition coefficient (Wildman–Crippen LogP) is 1.67. The molecule has 0 unspecified atom stereocenters. The first-order valence-corrected chi connectivity index (χ1v) is 12.9. The van der Waals surface area contributed by atoms with E-state index in [1.807, 2.05) is 13.8 Å². The molecule has 0 saturated heterocycles. The summed E-state index contributed by atoms with van der Waals surface area (Å²) in [5.74, 6) is 1.24. The molecule has 0 spiro atoms. The molecule has 2 atom stereocenters. The molecule has 1 amide bonds. The number of carboxylic acid groups (broad SMARTS) is 1. The maximum atomic E-state index is 13.5. The van der Waals surface area contributed by atoms with Crippen molar-refractivity contribution in [2.45, 2.75) is 37.3 Å². The number of sulfonamides is 1. The number of fused-ring (bicyclic) bond motifs is 1. The van der Waals surface area contributed by atoms with Gasteiger partial charge in [0, 0.05) is 19.2 Å². The number of nitrogens with one attached hydrogen (secondary N) is 1. The molecule has 0 saturated carbocycles. The van der Waals surface area contributed by atoms with Gasteiger partial charge in [-0.05, 0) is 42.2 Å². The second-order valence-electron chi connectivity index (χ2n) is 8.77. The fraction of sp³-hybridized carbons (Fsp3) is 0.458. The van der Waals surface area contributed by atoms with E-state index >= 15 is 0 Å². The Bertz CT molecular complexity index is 1120. The third-order valence-corrected chi connectivity index (χ3v) is 7.28. The van der Waals surface area contributed by atoms with E-state index in [9.17, 15) is 23.4 Å². The first kappa shape index (κ1) is 27.5. The number of ether oxygens (including phenoxy) is 3. The molecular weight excluding hydrogens is 492 g/mol. The van der Waals surface area contributed by atoms with Crippen molar-refractivity contribution < 1.29 is 42.7 Å². The minimum Gasteiger partial charge on any atom is -0.491 e. The molecule has 0 radical (unpaired) electrons. The topological polar surface area (TPSA) is 155 Å². The van der Waals surface area contributed by atoms with Gasteiger partial charge in [-0.2, -0.15) is 4.31 Å². The van der Waals surface area contributed by atoms with Gasteiger partial charge < -0.3 is 34.8 Å². The maximum absolute atomic E-state index is 13.5. The Morgan fingerprint density at radius 3 is 2.44 bits per heavy atom. The predicted molar refractivity (Wildman–Crippen MR) is 130 cm³/mol. The molecule has 4 N–H and O–H groups in total. The van der Waals surface area contributed by atoms with Crippen molar-refractivity contribution in [3.8, 4) is 17.2 Å². The molecule has 0 aliphatic carbocycles. The summed E-state index contributed by atoms with van der Waals surface area (Å²) in [4.78, 5) is 11.4. The Labute approximate surface area is 210 Å². The van der Waals surface area contributed by atoms with Gasteiger partial charge in [-0.25, -0.2) is 13.2 Å². The van der Waals surface area contributed by atoms with E-state index in [1.165, 1.54) is 18.2 Å². The summed E-state index contributed by atoms with van der Waals surface area (Å²) in [6.45, 7) is 3.52. The Morgan fingerprint density at radius 2 is 1.81 bits per heavy atom. The molecule has 36 heavy (non-hydrogen) atoms. The molecule has 12 heteroatoms. The lowest BCUT2D eigenvalue weighted by atomic mass is 10.0. The van der Waals surface area contributed by atoms with Crippen molar-refractivity contribution in [3.05, 3.63) is 48.0 Å². The van der Waals surface area contributed by atoms with E-state index in [1.54, 1.807) is 24.3 Å². The quantitative estimate of drug-likeness (QED) is 0.306. The van der Waals surface area contributed by atoms with Crippen LogP contribution in [0.4, 0.5) is 4.79 Å². The van der Waals surface area contributed by atoms with Gasteiger partial charge in [-0.1, -0.05) is 26.0 Å². The van der Waals surface area contributed by atoms with Crippen molar-refractivity contribution in [1.82, 2.24) is 9.62 Å². The van der Waals surface area contributed by atoms with Crippen LogP contribution >= 0.6 is 0 Å². The molecule has 198 valence electrons. The first-order chi connectivity index (χ1) is 17.1. The van der Waals surface area contributed by atoms with Crippen LogP contribution in [0.15, 0.2) is 47.4 Å². The van der Waals surface area contributed by atoms with Gasteiger partial charge in [0.1, 0.15) is 12.4 Å². The summed E-state index contributed by atoms with van der Waals surface area (Å²) < 4.78 is 44.0. The monoisotopic (exact) mass is 524 g/mol. The van der Waals surface area contributed by atoms with Crippen LogP contribution in [0.1, 0.15) is 19.4 Å². The van der Waals surface area contributed by atoms with Gasteiger partial charge >= 0.3 is 6.09 Å². The number of hydrogen-bond donors (Lipinski definition) is 4. The summed E-state index contributed by atoms with van der Waals surface area (Å²) in [6, 6.07) is 10.1. The van der Waals surface area contributed by atoms with Gasteiger partial charge in [0.15, 0.2) is 11.5 Å². The molecule has 2 aromatic carbocycles. The van der Waals surface area contributed by atoms with Crippen LogP contribution in [-0.4, -0.2) is 79.4 Å². The normalized spacial score (nSPS) is 14.6. The SMILES string of the molecule is CC(C)CN(C[C@H](O)[C@H](Cc1ccc(OCCO)cc1)NC(=O)O)S(=O)(=O)c1ccc2c(c1)OCO2. The molecular formula is C24H32N2O9S. The molecule has 1 heterocycles. The smallest absolute Gasteiger partial charge is 0.404 e. The van der Waals surface area contributed by atoms with Gasteiger partial charge in [0.25, 0.3) is 0 Å². The number of aliphatic hydroxyl groups is 2. The van der Waals surface area contributed by atoms with E-state index in [0.29, 0.717) is 22.8 Å². The van der Waals surface area contributed by atoms with Crippen molar-refractivity contribution in [1.29, 1.82) is 0 Å². The fourth-order valence-electron chi connectivity index (χ4n) is 3.78. The van der Waals surface area contributed by atoms with Crippen LogP contribution in [0.5, 0.6) is 17.2 Å². The minimum absolute atomic E-state index is 0.00430. The fourth-order valence-corrected chi connectivity index (χ4v) is 5.42. The lowest BCUT2D eigenvalue weighted by molar-refractivity contribution is 0.0980. The minimum atomic E-state index is -4.04. The van der Waals surface area contributed by atoms with E-state index in [2.05, 4.69) is 5.32 Å². The Hall–Kier alpha value is -3.06. The first-order valence-electron chi connectivity index (χ1n) is 11.5. The third kappa shape index (κ3) is 7.23. The molecule has 2 aromatic rings. The highest BCUT2D eigenvalue weighted by Crippen LogP contribution is 2.34. The van der Waals surface area contributed by atoms with Crippen LogP contribution in [0.2, 0.25) is 0 Å². The number of nitrogens with zero attached hydrogens (tertiary/aromatic N) is 1. The molecule has 1 aliphatic rings. The van der Waals surface area contributed by atoms with E-state index < -0.39 is 28.3 Å².